The average Bonchev–Trinajstić information content (AvgIpc) is 2.69. The van der Waals surface area contributed by atoms with E-state index in [1.807, 2.05) is 24.3 Å². The minimum Gasteiger partial charge on any atom is -0.724 e. The number of isocyanates is 1. The van der Waals surface area contributed by atoms with E-state index in [1.165, 1.54) is 16.7 Å². The fraction of sp³-hybridized carbons (Fsp3) is 0.174. The van der Waals surface area contributed by atoms with E-state index in [0.29, 0.717) is 12.7 Å². The third-order valence-electron chi connectivity index (χ3n) is 3.96. The first kappa shape index (κ1) is 19.2. The molecule has 0 saturated heterocycles. The van der Waals surface area contributed by atoms with Crippen LogP contribution in [-0.2, 0) is 24.2 Å². The lowest BCUT2D eigenvalue weighted by Gasteiger charge is -2.11. The maximum absolute atomic E-state index is 8.24. The fourth-order valence-electron chi connectivity index (χ4n) is 2.71. The topological polar surface area (TPSA) is 48.6 Å². The SMILES string of the molecule is [N-]=C=O.c1ccc(CCCc2ccccc2OCc2ccccc2)cc1. The number of ether oxygens (including phenoxy) is 1. The van der Waals surface area contributed by atoms with E-state index >= 15 is 0 Å². The lowest BCUT2D eigenvalue weighted by molar-refractivity contribution is 0.302. The average molecular weight is 344 g/mol. The van der Waals surface area contributed by atoms with Gasteiger partial charge in [-0.1, -0.05) is 78.9 Å². The molecule has 0 aromatic heterocycles. The van der Waals surface area contributed by atoms with Crippen molar-refractivity contribution < 1.29 is 9.53 Å². The van der Waals surface area contributed by atoms with Crippen molar-refractivity contribution in [2.75, 3.05) is 0 Å². The lowest BCUT2D eigenvalue weighted by atomic mass is 10.0. The summed E-state index contributed by atoms with van der Waals surface area (Å²) in [6, 6.07) is 29.3. The van der Waals surface area contributed by atoms with Crippen molar-refractivity contribution in [3.05, 3.63) is 107 Å². The molecule has 0 atom stereocenters. The summed E-state index contributed by atoms with van der Waals surface area (Å²) in [4.78, 5) is 8.24. The van der Waals surface area contributed by atoms with Crippen LogP contribution in [0.1, 0.15) is 23.1 Å². The van der Waals surface area contributed by atoms with E-state index in [4.69, 9.17) is 14.9 Å². The Balaban J connectivity index is 0.000000758. The Bertz CT molecular complexity index is 795. The van der Waals surface area contributed by atoms with Crippen LogP contribution in [0.15, 0.2) is 84.9 Å². The van der Waals surface area contributed by atoms with Crippen LogP contribution in [0.3, 0.4) is 0 Å². The summed E-state index contributed by atoms with van der Waals surface area (Å²) in [6.45, 7) is 0.622. The minimum atomic E-state index is 0.500. The number of rotatable bonds is 7. The molecule has 3 nitrogen and oxygen atoms in total. The molecule has 0 spiro atoms. The molecular formula is C23H22NO2-. The molecule has 3 rings (SSSR count). The molecule has 3 heteroatoms. The molecule has 3 aromatic rings. The second-order valence-electron chi connectivity index (χ2n) is 5.81. The van der Waals surface area contributed by atoms with E-state index in [1.54, 1.807) is 0 Å². The Hall–Kier alpha value is -3.16. The summed E-state index contributed by atoms with van der Waals surface area (Å²) >= 11 is 0. The number of nitrogens with zero attached hydrogens (tertiary/aromatic N) is 1. The first-order valence-electron chi connectivity index (χ1n) is 8.63. The Morgan fingerprint density at radius 1 is 0.731 bits per heavy atom. The summed E-state index contributed by atoms with van der Waals surface area (Å²) in [7, 11) is 0. The van der Waals surface area contributed by atoms with Gasteiger partial charge in [0.25, 0.3) is 0 Å². The summed E-state index contributed by atoms with van der Waals surface area (Å²) in [5.74, 6) is 1.00. The second kappa shape index (κ2) is 11.4. The monoisotopic (exact) mass is 344 g/mol. The number of hydrogen-bond donors (Lipinski definition) is 0. The van der Waals surface area contributed by atoms with Gasteiger partial charge in [-0.3, -0.25) is 4.79 Å². The number of aryl methyl sites for hydroxylation is 2. The highest BCUT2D eigenvalue weighted by Crippen LogP contribution is 2.21. The van der Waals surface area contributed by atoms with Crippen molar-refractivity contribution in [2.45, 2.75) is 25.9 Å². The summed E-state index contributed by atoms with van der Waals surface area (Å²) in [5.41, 5.74) is 3.89. The zero-order chi connectivity index (χ0) is 18.5. The van der Waals surface area contributed by atoms with Gasteiger partial charge >= 0.3 is 0 Å². The van der Waals surface area contributed by atoms with Crippen molar-refractivity contribution in [1.29, 1.82) is 0 Å². The van der Waals surface area contributed by atoms with E-state index in [9.17, 15) is 0 Å². The van der Waals surface area contributed by atoms with Crippen LogP contribution < -0.4 is 4.74 Å². The van der Waals surface area contributed by atoms with Crippen LogP contribution >= 0.6 is 0 Å². The van der Waals surface area contributed by atoms with Gasteiger partial charge < -0.3 is 10.1 Å². The van der Waals surface area contributed by atoms with Gasteiger partial charge in [-0.25, -0.2) is 0 Å². The molecule has 0 amide bonds. The van der Waals surface area contributed by atoms with Gasteiger partial charge in [-0.2, -0.15) is 0 Å². The predicted molar refractivity (Wildman–Crippen MR) is 105 cm³/mol. The van der Waals surface area contributed by atoms with E-state index in [0.717, 1.165) is 25.0 Å². The quantitative estimate of drug-likeness (QED) is 0.429. The molecule has 0 N–H and O–H groups in total. The molecule has 26 heavy (non-hydrogen) atoms. The molecule has 0 unspecified atom stereocenters. The second-order valence-corrected chi connectivity index (χ2v) is 5.81. The molecule has 0 heterocycles. The zero-order valence-corrected chi connectivity index (χ0v) is 14.7. The van der Waals surface area contributed by atoms with Gasteiger partial charge in [0.05, 0.1) is 0 Å². The molecule has 0 fully saturated rings. The highest BCUT2D eigenvalue weighted by Gasteiger charge is 2.04. The van der Waals surface area contributed by atoms with E-state index in [-0.39, 0.29) is 0 Å². The van der Waals surface area contributed by atoms with Gasteiger partial charge in [0.1, 0.15) is 12.4 Å². The zero-order valence-electron chi connectivity index (χ0n) is 14.7. The number of carbonyl (C=O) groups excluding carboxylic acids is 1. The molecule has 0 aliphatic heterocycles. The number of para-hydroxylation sites is 1. The number of benzene rings is 3. The molecule has 0 bridgehead atoms. The summed E-state index contributed by atoms with van der Waals surface area (Å²) < 4.78 is 6.03. The minimum absolute atomic E-state index is 0.500. The molecule has 3 aromatic carbocycles. The highest BCUT2D eigenvalue weighted by atomic mass is 16.5. The van der Waals surface area contributed by atoms with Crippen molar-refractivity contribution in [3.63, 3.8) is 0 Å². The fourth-order valence-corrected chi connectivity index (χ4v) is 2.71. The Kier molecular flexibility index (Phi) is 8.41. The lowest BCUT2D eigenvalue weighted by Crippen LogP contribution is -1.99. The Morgan fingerprint density at radius 3 is 1.92 bits per heavy atom. The molecule has 0 aliphatic rings. The van der Waals surface area contributed by atoms with Crippen molar-refractivity contribution in [2.24, 2.45) is 0 Å². The predicted octanol–water partition coefficient (Wildman–Crippen LogP) is 5.33. The first-order valence-corrected chi connectivity index (χ1v) is 8.63. The standard InChI is InChI=1S/C22H22O.CNO/c1-3-10-19(11-4-1)14-9-16-21-15-7-8-17-22(21)23-18-20-12-5-2-6-13-20;2-1-3/h1-8,10-13,15,17H,9,14,16,18H2;/q;-1. The molecular weight excluding hydrogens is 322 g/mol. The van der Waals surface area contributed by atoms with Gasteiger partial charge in [0.2, 0.25) is 0 Å². The normalized spacial score (nSPS) is 9.54. The van der Waals surface area contributed by atoms with Crippen LogP contribution in [0.25, 0.3) is 5.41 Å². The van der Waals surface area contributed by atoms with Gasteiger partial charge in [0.15, 0.2) is 0 Å². The maximum atomic E-state index is 8.24. The third-order valence-corrected chi connectivity index (χ3v) is 3.96. The summed E-state index contributed by atoms with van der Waals surface area (Å²) in [6.07, 6.45) is 3.78. The smallest absolute Gasteiger partial charge is 0.122 e. The summed E-state index contributed by atoms with van der Waals surface area (Å²) in [5, 5.41) is 6.76. The molecule has 0 saturated carbocycles. The van der Waals surface area contributed by atoms with Gasteiger partial charge in [-0.15, -0.1) is 0 Å². The van der Waals surface area contributed by atoms with Crippen LogP contribution in [-0.4, -0.2) is 6.08 Å². The van der Waals surface area contributed by atoms with Crippen LogP contribution in [0.4, 0.5) is 0 Å². The Labute approximate surface area is 154 Å². The van der Waals surface area contributed by atoms with Gasteiger partial charge in [-0.05, 0) is 48.1 Å². The first-order chi connectivity index (χ1) is 12.8. The van der Waals surface area contributed by atoms with Crippen molar-refractivity contribution in [3.8, 4) is 5.75 Å². The van der Waals surface area contributed by atoms with Crippen molar-refractivity contribution >= 4 is 6.08 Å². The van der Waals surface area contributed by atoms with Crippen LogP contribution in [0.2, 0.25) is 0 Å². The van der Waals surface area contributed by atoms with E-state index < -0.39 is 0 Å². The maximum Gasteiger partial charge on any atom is 0.122 e. The third kappa shape index (κ3) is 6.76. The molecule has 0 aliphatic carbocycles. The van der Waals surface area contributed by atoms with Crippen LogP contribution in [0, 0.1) is 0 Å². The largest absolute Gasteiger partial charge is 0.724 e. The number of hydrogen-bond acceptors (Lipinski definition) is 2. The highest BCUT2D eigenvalue weighted by molar-refractivity contribution is 5.36. The van der Waals surface area contributed by atoms with Gasteiger partial charge in [0, 0.05) is 0 Å². The van der Waals surface area contributed by atoms with Crippen molar-refractivity contribution in [1.82, 2.24) is 0 Å². The van der Waals surface area contributed by atoms with Crippen LogP contribution in [0.5, 0.6) is 5.75 Å². The molecule has 0 radical (unpaired) electrons. The van der Waals surface area contributed by atoms with E-state index in [2.05, 4.69) is 60.7 Å². The Morgan fingerprint density at radius 2 is 1.27 bits per heavy atom. The molecule has 132 valence electrons.